The molecule has 0 aliphatic rings. The Morgan fingerprint density at radius 1 is 1.40 bits per heavy atom. The third kappa shape index (κ3) is 3.78. The summed E-state index contributed by atoms with van der Waals surface area (Å²) in [5.74, 6) is 0.218. The number of aromatic nitrogens is 2. The van der Waals surface area contributed by atoms with Crippen molar-refractivity contribution in [2.24, 2.45) is 0 Å². The van der Waals surface area contributed by atoms with E-state index >= 15 is 0 Å². The molecule has 20 heavy (non-hydrogen) atoms. The van der Waals surface area contributed by atoms with Crippen LogP contribution in [0.1, 0.15) is 12.2 Å². The van der Waals surface area contributed by atoms with E-state index in [9.17, 15) is 12.8 Å². The smallest absolute Gasteiger partial charge is 0.242 e. The van der Waals surface area contributed by atoms with Gasteiger partial charge in [0.05, 0.1) is 5.02 Å². The Balaban J connectivity index is 1.93. The minimum Gasteiger partial charge on any atom is -0.349 e. The number of imidazole rings is 1. The molecule has 108 valence electrons. The molecule has 2 aromatic rings. The zero-order valence-corrected chi connectivity index (χ0v) is 12.0. The van der Waals surface area contributed by atoms with E-state index < -0.39 is 15.8 Å². The van der Waals surface area contributed by atoms with Crippen molar-refractivity contribution >= 4 is 21.6 Å². The third-order valence-corrected chi connectivity index (χ3v) is 4.56. The summed E-state index contributed by atoms with van der Waals surface area (Å²) in [4.78, 5) is 6.84. The molecular weight excluding hydrogens is 305 g/mol. The summed E-state index contributed by atoms with van der Waals surface area (Å²) in [6, 6.07) is 3.18. The fourth-order valence-electron chi connectivity index (χ4n) is 1.67. The second kappa shape index (κ2) is 6.34. The van der Waals surface area contributed by atoms with Gasteiger partial charge < -0.3 is 4.98 Å². The number of aryl methyl sites for hydroxylation is 1. The standard InChI is InChI=1S/C12H13ClFN3O2S/c13-10-8-9(14)3-4-11(10)20(18,19)17-5-1-2-12-15-6-7-16-12/h3-4,6-8,17H,1-2,5H2,(H,15,16). The van der Waals surface area contributed by atoms with Crippen molar-refractivity contribution in [2.75, 3.05) is 6.54 Å². The predicted octanol–water partition coefficient (Wildman–Crippen LogP) is 2.11. The van der Waals surface area contributed by atoms with Crippen molar-refractivity contribution in [1.82, 2.24) is 14.7 Å². The highest BCUT2D eigenvalue weighted by Gasteiger charge is 2.17. The first kappa shape index (κ1) is 15.0. The SMILES string of the molecule is O=S(=O)(NCCCc1ncc[nH]1)c1ccc(F)cc1Cl. The van der Waals surface area contributed by atoms with Crippen molar-refractivity contribution in [3.8, 4) is 0 Å². The first-order valence-corrected chi connectivity index (χ1v) is 7.78. The maximum Gasteiger partial charge on any atom is 0.242 e. The number of hydrogen-bond acceptors (Lipinski definition) is 3. The van der Waals surface area contributed by atoms with E-state index in [2.05, 4.69) is 14.7 Å². The second-order valence-electron chi connectivity index (χ2n) is 4.11. The minimum atomic E-state index is -3.73. The lowest BCUT2D eigenvalue weighted by atomic mass is 10.3. The van der Waals surface area contributed by atoms with Gasteiger partial charge in [-0.15, -0.1) is 0 Å². The number of halogens is 2. The number of hydrogen-bond donors (Lipinski definition) is 2. The number of rotatable bonds is 6. The second-order valence-corrected chi connectivity index (χ2v) is 6.25. The van der Waals surface area contributed by atoms with E-state index in [1.165, 1.54) is 0 Å². The van der Waals surface area contributed by atoms with Crippen LogP contribution in [0.3, 0.4) is 0 Å². The van der Waals surface area contributed by atoms with Gasteiger partial charge in [0.1, 0.15) is 16.5 Å². The predicted molar refractivity (Wildman–Crippen MR) is 73.5 cm³/mol. The van der Waals surface area contributed by atoms with Crippen LogP contribution in [-0.4, -0.2) is 24.9 Å². The Morgan fingerprint density at radius 3 is 2.85 bits per heavy atom. The molecule has 2 rings (SSSR count). The summed E-state index contributed by atoms with van der Waals surface area (Å²) in [6.45, 7) is 0.247. The molecule has 0 radical (unpaired) electrons. The molecule has 2 N–H and O–H groups in total. The highest BCUT2D eigenvalue weighted by atomic mass is 35.5. The lowest BCUT2D eigenvalue weighted by molar-refractivity contribution is 0.577. The molecule has 0 spiro atoms. The topological polar surface area (TPSA) is 74.8 Å². The van der Waals surface area contributed by atoms with Gasteiger partial charge in [0, 0.05) is 25.4 Å². The molecule has 5 nitrogen and oxygen atoms in total. The van der Waals surface area contributed by atoms with Crippen LogP contribution in [-0.2, 0) is 16.4 Å². The molecule has 1 heterocycles. The van der Waals surface area contributed by atoms with Gasteiger partial charge in [0.25, 0.3) is 0 Å². The average Bonchev–Trinajstić information content (AvgIpc) is 2.87. The van der Waals surface area contributed by atoms with Crippen molar-refractivity contribution in [3.63, 3.8) is 0 Å². The summed E-state index contributed by atoms with van der Waals surface area (Å²) in [6.07, 6.45) is 4.56. The molecule has 1 aromatic carbocycles. The van der Waals surface area contributed by atoms with Gasteiger partial charge in [-0.25, -0.2) is 22.5 Å². The van der Waals surface area contributed by atoms with Crippen LogP contribution in [0.25, 0.3) is 0 Å². The van der Waals surface area contributed by atoms with Crippen molar-refractivity contribution in [3.05, 3.63) is 47.3 Å². The van der Waals surface area contributed by atoms with E-state index in [1.807, 2.05) is 0 Å². The van der Waals surface area contributed by atoms with Crippen LogP contribution >= 0.6 is 11.6 Å². The summed E-state index contributed by atoms with van der Waals surface area (Å²) in [7, 11) is -3.73. The van der Waals surface area contributed by atoms with Crippen LogP contribution in [0.15, 0.2) is 35.5 Å². The molecule has 8 heteroatoms. The van der Waals surface area contributed by atoms with Gasteiger partial charge in [0.2, 0.25) is 10.0 Å². The Labute approximate surface area is 121 Å². The molecule has 0 atom stereocenters. The molecule has 0 bridgehead atoms. The molecule has 0 unspecified atom stereocenters. The van der Waals surface area contributed by atoms with Gasteiger partial charge in [-0.05, 0) is 24.6 Å². The number of nitrogens with one attached hydrogen (secondary N) is 2. The van der Waals surface area contributed by atoms with E-state index in [0.717, 1.165) is 24.0 Å². The molecule has 0 aliphatic carbocycles. The zero-order valence-electron chi connectivity index (χ0n) is 10.4. The first-order valence-electron chi connectivity index (χ1n) is 5.92. The van der Waals surface area contributed by atoms with Crippen LogP contribution in [0.5, 0.6) is 0 Å². The Bertz CT molecular complexity index is 674. The molecule has 1 aromatic heterocycles. The quantitative estimate of drug-likeness (QED) is 0.801. The molecule has 0 fully saturated rings. The van der Waals surface area contributed by atoms with Crippen LogP contribution in [0.4, 0.5) is 4.39 Å². The van der Waals surface area contributed by atoms with Crippen LogP contribution in [0.2, 0.25) is 5.02 Å². The molecule has 0 saturated carbocycles. The highest BCUT2D eigenvalue weighted by molar-refractivity contribution is 7.89. The zero-order chi connectivity index (χ0) is 14.6. The monoisotopic (exact) mass is 317 g/mol. The van der Waals surface area contributed by atoms with E-state index in [1.54, 1.807) is 12.4 Å². The lowest BCUT2D eigenvalue weighted by Crippen LogP contribution is -2.25. The average molecular weight is 318 g/mol. The van der Waals surface area contributed by atoms with Crippen molar-refractivity contribution in [2.45, 2.75) is 17.7 Å². The van der Waals surface area contributed by atoms with Crippen molar-refractivity contribution in [1.29, 1.82) is 0 Å². The summed E-state index contributed by atoms with van der Waals surface area (Å²) in [5, 5.41) is -0.136. The van der Waals surface area contributed by atoms with E-state index in [0.29, 0.717) is 12.8 Å². The summed E-state index contributed by atoms with van der Waals surface area (Å²) >= 11 is 5.73. The largest absolute Gasteiger partial charge is 0.349 e. The van der Waals surface area contributed by atoms with Gasteiger partial charge in [-0.3, -0.25) is 0 Å². The number of nitrogens with zero attached hydrogens (tertiary/aromatic N) is 1. The summed E-state index contributed by atoms with van der Waals surface area (Å²) < 4.78 is 39.3. The van der Waals surface area contributed by atoms with Crippen molar-refractivity contribution < 1.29 is 12.8 Å². The number of H-pyrrole nitrogens is 1. The van der Waals surface area contributed by atoms with Gasteiger partial charge in [0.15, 0.2) is 0 Å². The van der Waals surface area contributed by atoms with Gasteiger partial charge >= 0.3 is 0 Å². The Hall–Kier alpha value is -1.44. The minimum absolute atomic E-state index is 0.126. The maximum absolute atomic E-state index is 12.9. The van der Waals surface area contributed by atoms with Crippen LogP contribution < -0.4 is 4.72 Å². The molecule has 0 amide bonds. The highest BCUT2D eigenvalue weighted by Crippen LogP contribution is 2.21. The molecule has 0 saturated heterocycles. The van der Waals surface area contributed by atoms with Gasteiger partial charge in [-0.2, -0.15) is 0 Å². The van der Waals surface area contributed by atoms with E-state index in [-0.39, 0.29) is 16.5 Å². The molecular formula is C12H13ClFN3O2S. The number of sulfonamides is 1. The lowest BCUT2D eigenvalue weighted by Gasteiger charge is -2.08. The Kier molecular flexibility index (Phi) is 4.74. The fourth-order valence-corrected chi connectivity index (χ4v) is 3.27. The first-order chi connectivity index (χ1) is 9.49. The fraction of sp³-hybridized carbons (Fsp3) is 0.250. The Morgan fingerprint density at radius 2 is 2.20 bits per heavy atom. The normalized spacial score (nSPS) is 11.7. The number of aromatic amines is 1. The van der Waals surface area contributed by atoms with Crippen LogP contribution in [0, 0.1) is 5.82 Å². The third-order valence-electron chi connectivity index (χ3n) is 2.62. The van der Waals surface area contributed by atoms with Gasteiger partial charge in [-0.1, -0.05) is 11.6 Å². The number of benzene rings is 1. The maximum atomic E-state index is 12.9. The van der Waals surface area contributed by atoms with E-state index in [4.69, 9.17) is 11.6 Å². The molecule has 0 aliphatic heterocycles. The summed E-state index contributed by atoms with van der Waals surface area (Å²) in [5.41, 5.74) is 0.